The molecule has 4 atom stereocenters. The first-order valence-corrected chi connectivity index (χ1v) is 10.6. The third-order valence-corrected chi connectivity index (χ3v) is 6.89. The number of carbonyl (C=O) groups is 3. The Kier molecular flexibility index (Phi) is 5.13. The SMILES string of the molecule is CC(C)NC(=O)NC(=O)COC(=O)C12C[C@H]3C[C@@H](C1)CC(c1ccccc1)(C3)C2. The molecule has 4 fully saturated rings. The molecule has 0 heterocycles. The number of ether oxygens (including phenoxy) is 1. The van der Waals surface area contributed by atoms with Crippen molar-refractivity contribution in [2.75, 3.05) is 6.61 Å². The molecule has 3 amide bonds. The van der Waals surface area contributed by atoms with Gasteiger partial charge in [0, 0.05) is 6.04 Å². The number of imide groups is 1. The van der Waals surface area contributed by atoms with Crippen LogP contribution in [0.1, 0.15) is 57.9 Å². The van der Waals surface area contributed by atoms with Crippen molar-refractivity contribution in [2.24, 2.45) is 17.3 Å². The number of amides is 3. The molecule has 29 heavy (non-hydrogen) atoms. The van der Waals surface area contributed by atoms with Crippen LogP contribution in [0, 0.1) is 17.3 Å². The molecule has 1 aromatic rings. The number of carbonyl (C=O) groups excluding carboxylic acids is 3. The van der Waals surface area contributed by atoms with Gasteiger partial charge in [-0.2, -0.15) is 0 Å². The van der Waals surface area contributed by atoms with Crippen LogP contribution < -0.4 is 10.6 Å². The lowest BCUT2D eigenvalue weighted by molar-refractivity contribution is -0.175. The zero-order chi connectivity index (χ0) is 20.6. The van der Waals surface area contributed by atoms with Crippen molar-refractivity contribution in [3.63, 3.8) is 0 Å². The zero-order valence-electron chi connectivity index (χ0n) is 17.2. The van der Waals surface area contributed by atoms with Crippen molar-refractivity contribution in [3.05, 3.63) is 35.9 Å². The number of esters is 1. The van der Waals surface area contributed by atoms with E-state index in [2.05, 4.69) is 34.9 Å². The van der Waals surface area contributed by atoms with Crippen LogP contribution in [0.25, 0.3) is 0 Å². The molecule has 0 spiro atoms. The second-order valence-electron chi connectivity index (χ2n) is 9.64. The predicted molar refractivity (Wildman–Crippen MR) is 108 cm³/mol. The van der Waals surface area contributed by atoms with Crippen LogP contribution in [0.5, 0.6) is 0 Å². The van der Waals surface area contributed by atoms with E-state index < -0.39 is 24.0 Å². The fourth-order valence-corrected chi connectivity index (χ4v) is 6.38. The molecule has 0 radical (unpaired) electrons. The molecule has 4 bridgehead atoms. The second-order valence-corrected chi connectivity index (χ2v) is 9.64. The fraction of sp³-hybridized carbons (Fsp3) is 0.609. The quantitative estimate of drug-likeness (QED) is 0.746. The summed E-state index contributed by atoms with van der Waals surface area (Å²) in [6.45, 7) is 3.19. The van der Waals surface area contributed by atoms with E-state index in [1.165, 1.54) is 12.0 Å². The van der Waals surface area contributed by atoms with E-state index in [9.17, 15) is 14.4 Å². The molecule has 1 aromatic carbocycles. The monoisotopic (exact) mass is 398 g/mol. The Bertz CT molecular complexity index is 790. The molecule has 0 aliphatic heterocycles. The van der Waals surface area contributed by atoms with Crippen molar-refractivity contribution in [1.82, 2.24) is 10.6 Å². The van der Waals surface area contributed by atoms with Gasteiger partial charge in [0.25, 0.3) is 5.91 Å². The molecule has 4 saturated carbocycles. The van der Waals surface area contributed by atoms with Crippen LogP contribution in [0.3, 0.4) is 0 Å². The van der Waals surface area contributed by atoms with Gasteiger partial charge in [0.05, 0.1) is 5.41 Å². The summed E-state index contributed by atoms with van der Waals surface area (Å²) in [7, 11) is 0. The number of nitrogens with one attached hydrogen (secondary N) is 2. The average molecular weight is 399 g/mol. The van der Waals surface area contributed by atoms with Crippen LogP contribution >= 0.6 is 0 Å². The maximum absolute atomic E-state index is 13.1. The van der Waals surface area contributed by atoms with Gasteiger partial charge >= 0.3 is 12.0 Å². The van der Waals surface area contributed by atoms with Gasteiger partial charge in [-0.25, -0.2) is 4.79 Å². The summed E-state index contributed by atoms with van der Waals surface area (Å²) in [5.74, 6) is 0.203. The van der Waals surface area contributed by atoms with Crippen molar-refractivity contribution in [3.8, 4) is 0 Å². The molecule has 0 saturated heterocycles. The van der Waals surface area contributed by atoms with Crippen LogP contribution in [0.4, 0.5) is 4.79 Å². The van der Waals surface area contributed by atoms with Crippen LogP contribution in [-0.2, 0) is 19.7 Å². The summed E-state index contributed by atoms with van der Waals surface area (Å²) >= 11 is 0. The van der Waals surface area contributed by atoms with E-state index in [1.54, 1.807) is 13.8 Å². The summed E-state index contributed by atoms with van der Waals surface area (Å²) in [6.07, 6.45) is 5.97. The van der Waals surface area contributed by atoms with Crippen LogP contribution in [0.15, 0.2) is 30.3 Å². The Labute approximate surface area is 171 Å². The molecule has 156 valence electrons. The maximum Gasteiger partial charge on any atom is 0.321 e. The topological polar surface area (TPSA) is 84.5 Å². The highest BCUT2D eigenvalue weighted by molar-refractivity contribution is 5.95. The highest BCUT2D eigenvalue weighted by atomic mass is 16.5. The average Bonchev–Trinajstić information content (AvgIpc) is 2.65. The van der Waals surface area contributed by atoms with Crippen molar-refractivity contribution >= 4 is 17.9 Å². The van der Waals surface area contributed by atoms with Crippen molar-refractivity contribution in [2.45, 2.75) is 63.8 Å². The summed E-state index contributed by atoms with van der Waals surface area (Å²) < 4.78 is 5.44. The number of benzene rings is 1. The van der Waals surface area contributed by atoms with E-state index in [0.29, 0.717) is 11.8 Å². The third kappa shape index (κ3) is 3.89. The first-order valence-electron chi connectivity index (χ1n) is 10.6. The first kappa shape index (κ1) is 19.9. The Morgan fingerprint density at radius 1 is 1.07 bits per heavy atom. The van der Waals surface area contributed by atoms with Crippen molar-refractivity contribution in [1.29, 1.82) is 0 Å². The van der Waals surface area contributed by atoms with Gasteiger partial charge in [0.15, 0.2) is 6.61 Å². The molecule has 6 nitrogen and oxygen atoms in total. The molecular formula is C23H30N2O4. The molecule has 4 aliphatic rings. The van der Waals surface area contributed by atoms with E-state index in [0.717, 1.165) is 32.1 Å². The molecule has 0 aromatic heterocycles. The normalized spacial score (nSPS) is 32.1. The van der Waals surface area contributed by atoms with Gasteiger partial charge in [0.1, 0.15) is 0 Å². The van der Waals surface area contributed by atoms with Gasteiger partial charge in [-0.05, 0) is 75.2 Å². The lowest BCUT2D eigenvalue weighted by atomic mass is 9.43. The lowest BCUT2D eigenvalue weighted by Gasteiger charge is -2.61. The molecule has 2 unspecified atom stereocenters. The summed E-state index contributed by atoms with van der Waals surface area (Å²) in [6, 6.07) is 9.91. The van der Waals surface area contributed by atoms with Gasteiger partial charge < -0.3 is 10.1 Å². The summed E-state index contributed by atoms with van der Waals surface area (Å²) in [5.41, 5.74) is 0.874. The molecular weight excluding hydrogens is 368 g/mol. The van der Waals surface area contributed by atoms with Gasteiger partial charge in [-0.1, -0.05) is 30.3 Å². The zero-order valence-corrected chi connectivity index (χ0v) is 17.2. The largest absolute Gasteiger partial charge is 0.455 e. The van der Waals surface area contributed by atoms with Crippen LogP contribution in [-0.4, -0.2) is 30.6 Å². The Morgan fingerprint density at radius 2 is 1.72 bits per heavy atom. The minimum Gasteiger partial charge on any atom is -0.455 e. The first-order chi connectivity index (χ1) is 13.8. The molecule has 6 heteroatoms. The lowest BCUT2D eigenvalue weighted by Crippen LogP contribution is -2.57. The Balaban J connectivity index is 1.43. The number of rotatable bonds is 5. The standard InChI is InChI=1S/C23H30N2O4/c1-15(2)24-21(28)25-19(26)13-29-20(27)23-11-16-8-17(12-23)10-22(9-16,14-23)18-6-4-3-5-7-18/h3-7,15-17H,8-14H2,1-2H3,(H2,24,25,26,28)/t16-,17+,22?,23?. The minimum atomic E-state index is -0.598. The Hall–Kier alpha value is -2.37. The molecule has 5 rings (SSSR count). The van der Waals surface area contributed by atoms with Gasteiger partial charge in [-0.15, -0.1) is 0 Å². The molecule has 2 N–H and O–H groups in total. The molecule has 4 aliphatic carbocycles. The summed E-state index contributed by atoms with van der Waals surface area (Å²) in [4.78, 5) is 36.8. The van der Waals surface area contributed by atoms with E-state index in [4.69, 9.17) is 4.74 Å². The smallest absolute Gasteiger partial charge is 0.321 e. The fourth-order valence-electron chi connectivity index (χ4n) is 6.38. The van der Waals surface area contributed by atoms with Gasteiger partial charge in [0.2, 0.25) is 0 Å². The maximum atomic E-state index is 13.1. The second kappa shape index (κ2) is 7.47. The van der Waals surface area contributed by atoms with Gasteiger partial charge in [-0.3, -0.25) is 14.9 Å². The van der Waals surface area contributed by atoms with E-state index >= 15 is 0 Å². The number of hydrogen-bond acceptors (Lipinski definition) is 4. The number of urea groups is 1. The van der Waals surface area contributed by atoms with Crippen molar-refractivity contribution < 1.29 is 19.1 Å². The van der Waals surface area contributed by atoms with E-state index in [-0.39, 0.29) is 17.4 Å². The summed E-state index contributed by atoms with van der Waals surface area (Å²) in [5, 5.41) is 4.79. The third-order valence-electron chi connectivity index (χ3n) is 6.89. The Morgan fingerprint density at radius 3 is 2.34 bits per heavy atom. The van der Waals surface area contributed by atoms with E-state index in [1.807, 2.05) is 6.07 Å². The predicted octanol–water partition coefficient (Wildman–Crippen LogP) is 3.30. The number of hydrogen-bond donors (Lipinski definition) is 2. The highest BCUT2D eigenvalue weighted by Crippen LogP contribution is 2.66. The van der Waals surface area contributed by atoms with Crippen LogP contribution in [0.2, 0.25) is 0 Å². The minimum absolute atomic E-state index is 0.0454. The highest BCUT2D eigenvalue weighted by Gasteiger charge is 2.61.